The van der Waals surface area contributed by atoms with Crippen LogP contribution in [0.5, 0.6) is 0 Å². The zero-order chi connectivity index (χ0) is 18.7. The molecule has 1 heterocycles. The highest BCUT2D eigenvalue weighted by atomic mass is 35.5. The van der Waals surface area contributed by atoms with Gasteiger partial charge in [-0.3, -0.25) is 0 Å². The third-order valence-electron chi connectivity index (χ3n) is 3.68. The Morgan fingerprint density at radius 3 is 2.31 bits per heavy atom. The summed E-state index contributed by atoms with van der Waals surface area (Å²) in [6.45, 7) is 0. The van der Waals surface area contributed by atoms with Gasteiger partial charge in [0.25, 0.3) is 0 Å². The predicted octanol–water partition coefficient (Wildman–Crippen LogP) is 6.02. The van der Waals surface area contributed by atoms with E-state index < -0.39 is 5.97 Å². The lowest BCUT2D eigenvalue weighted by molar-refractivity contribution is 0.0697. The number of carboxylic acids is 1. The zero-order valence-corrected chi connectivity index (χ0v) is 14.8. The van der Waals surface area contributed by atoms with Gasteiger partial charge < -0.3 is 9.52 Å². The number of furan rings is 1. The Hall–Kier alpha value is -3.00. The topological polar surface area (TPSA) is 74.2 Å². The zero-order valence-electron chi connectivity index (χ0n) is 13.2. The second-order valence-corrected chi connectivity index (χ2v) is 6.20. The number of hydrogen-bond acceptors (Lipinski definition) is 3. The Bertz CT molecular complexity index is 1040. The summed E-state index contributed by atoms with van der Waals surface area (Å²) in [7, 11) is 0. The van der Waals surface area contributed by atoms with Crippen LogP contribution in [0.3, 0.4) is 0 Å². The molecule has 0 radical (unpaired) electrons. The minimum Gasteiger partial charge on any atom is -0.478 e. The van der Waals surface area contributed by atoms with Gasteiger partial charge in [-0.05, 0) is 48.0 Å². The molecule has 4 nitrogen and oxygen atoms in total. The molecule has 0 fully saturated rings. The molecule has 0 aliphatic rings. The van der Waals surface area contributed by atoms with Crippen LogP contribution in [0.25, 0.3) is 23.0 Å². The van der Waals surface area contributed by atoms with Gasteiger partial charge in [0.1, 0.15) is 11.5 Å². The second kappa shape index (κ2) is 7.49. The smallest absolute Gasteiger partial charge is 0.335 e. The number of carboxylic acid groups (broad SMARTS) is 1. The summed E-state index contributed by atoms with van der Waals surface area (Å²) in [5, 5.41) is 19.1. The van der Waals surface area contributed by atoms with E-state index in [0.717, 1.165) is 5.56 Å². The van der Waals surface area contributed by atoms with Gasteiger partial charge in [0.2, 0.25) is 0 Å². The van der Waals surface area contributed by atoms with Gasteiger partial charge in [-0.25, -0.2) is 4.79 Å². The van der Waals surface area contributed by atoms with Crippen molar-refractivity contribution in [1.82, 2.24) is 0 Å². The Kier molecular flexibility index (Phi) is 5.13. The third kappa shape index (κ3) is 3.80. The Labute approximate surface area is 159 Å². The van der Waals surface area contributed by atoms with Crippen LogP contribution >= 0.6 is 23.2 Å². The van der Waals surface area contributed by atoms with Crippen LogP contribution in [-0.4, -0.2) is 11.1 Å². The highest BCUT2D eigenvalue weighted by molar-refractivity contribution is 6.42. The maximum atomic E-state index is 10.9. The first-order valence-corrected chi connectivity index (χ1v) is 8.24. The number of halogens is 2. The average molecular weight is 384 g/mol. The van der Waals surface area contributed by atoms with Crippen molar-refractivity contribution >= 4 is 40.8 Å². The molecule has 1 N–H and O–H groups in total. The molecule has 6 heteroatoms. The number of rotatable bonds is 4. The minimum absolute atomic E-state index is 0.201. The molecule has 0 saturated heterocycles. The van der Waals surface area contributed by atoms with E-state index >= 15 is 0 Å². The van der Waals surface area contributed by atoms with E-state index in [2.05, 4.69) is 6.07 Å². The quantitative estimate of drug-likeness (QED) is 0.559. The van der Waals surface area contributed by atoms with E-state index in [9.17, 15) is 10.1 Å². The molecule has 0 spiro atoms. The number of carbonyl (C=O) groups is 1. The van der Waals surface area contributed by atoms with Crippen LogP contribution in [0.15, 0.2) is 59.0 Å². The van der Waals surface area contributed by atoms with E-state index in [1.165, 1.54) is 12.1 Å². The summed E-state index contributed by atoms with van der Waals surface area (Å²) in [6.07, 6.45) is 1.61. The first-order valence-electron chi connectivity index (χ1n) is 7.48. The fraction of sp³-hybridized carbons (Fsp3) is 0. The van der Waals surface area contributed by atoms with Gasteiger partial charge in [0.15, 0.2) is 0 Å². The van der Waals surface area contributed by atoms with E-state index in [4.69, 9.17) is 32.7 Å². The summed E-state index contributed by atoms with van der Waals surface area (Å²) in [6, 6.07) is 16.9. The standard InChI is InChI=1S/C20H11Cl2NO3/c21-17-7-5-14(10-18(17)22)15(11-23)9-16-6-8-19(26-16)12-1-3-13(4-2-12)20(24)25/h1-10H,(H,24,25)/b15-9-. The number of benzene rings is 2. The van der Waals surface area contributed by atoms with Crippen LogP contribution in [-0.2, 0) is 0 Å². The number of nitriles is 1. The van der Waals surface area contributed by atoms with Crippen molar-refractivity contribution in [3.63, 3.8) is 0 Å². The molecule has 3 aromatic rings. The minimum atomic E-state index is -0.986. The van der Waals surface area contributed by atoms with Crippen molar-refractivity contribution in [2.24, 2.45) is 0 Å². The van der Waals surface area contributed by atoms with Gasteiger partial charge in [0.05, 0.1) is 27.3 Å². The number of allylic oxidation sites excluding steroid dienone is 1. The molecule has 0 unspecified atom stereocenters. The maximum Gasteiger partial charge on any atom is 0.335 e. The molecule has 0 atom stereocenters. The lowest BCUT2D eigenvalue weighted by Crippen LogP contribution is -1.94. The molecule has 0 aliphatic heterocycles. The number of nitrogens with zero attached hydrogens (tertiary/aromatic N) is 1. The summed E-state index contributed by atoms with van der Waals surface area (Å²) in [5.74, 6) is 0.0736. The van der Waals surface area contributed by atoms with Crippen LogP contribution in [0.2, 0.25) is 10.0 Å². The summed E-state index contributed by atoms with van der Waals surface area (Å²) in [4.78, 5) is 10.9. The molecule has 0 amide bonds. The predicted molar refractivity (Wildman–Crippen MR) is 101 cm³/mol. The molecule has 0 bridgehead atoms. The SMILES string of the molecule is N#C/C(=C/c1ccc(-c2ccc(C(=O)O)cc2)o1)c1ccc(Cl)c(Cl)c1. The number of aromatic carboxylic acids is 1. The van der Waals surface area contributed by atoms with Crippen molar-refractivity contribution in [3.8, 4) is 17.4 Å². The van der Waals surface area contributed by atoms with Crippen molar-refractivity contribution in [2.75, 3.05) is 0 Å². The van der Waals surface area contributed by atoms with Crippen LogP contribution in [0.1, 0.15) is 21.7 Å². The van der Waals surface area contributed by atoms with Crippen LogP contribution in [0.4, 0.5) is 0 Å². The first-order chi connectivity index (χ1) is 12.5. The summed E-state index contributed by atoms with van der Waals surface area (Å²) < 4.78 is 5.74. The molecule has 0 saturated carbocycles. The molecule has 1 aromatic heterocycles. The second-order valence-electron chi connectivity index (χ2n) is 5.38. The van der Waals surface area contributed by atoms with E-state index in [1.807, 2.05) is 0 Å². The Balaban J connectivity index is 1.90. The molecule has 2 aromatic carbocycles. The summed E-state index contributed by atoms with van der Waals surface area (Å²) >= 11 is 11.9. The highest BCUT2D eigenvalue weighted by Gasteiger charge is 2.09. The van der Waals surface area contributed by atoms with Gasteiger partial charge in [-0.15, -0.1) is 0 Å². The number of hydrogen-bond donors (Lipinski definition) is 1. The highest BCUT2D eigenvalue weighted by Crippen LogP contribution is 2.28. The first kappa shape index (κ1) is 17.8. The fourth-order valence-electron chi connectivity index (χ4n) is 2.35. The van der Waals surface area contributed by atoms with Crippen molar-refractivity contribution in [2.45, 2.75) is 0 Å². The van der Waals surface area contributed by atoms with E-state index in [0.29, 0.717) is 32.7 Å². The van der Waals surface area contributed by atoms with E-state index in [1.54, 1.807) is 48.5 Å². The fourth-order valence-corrected chi connectivity index (χ4v) is 2.65. The van der Waals surface area contributed by atoms with Gasteiger partial charge in [-0.1, -0.05) is 41.4 Å². The van der Waals surface area contributed by atoms with Crippen molar-refractivity contribution < 1.29 is 14.3 Å². The van der Waals surface area contributed by atoms with Crippen molar-refractivity contribution in [1.29, 1.82) is 5.26 Å². The summed E-state index contributed by atoms with van der Waals surface area (Å²) in [5.41, 5.74) is 1.95. The molecule has 0 aliphatic carbocycles. The molecular formula is C20H11Cl2NO3. The average Bonchev–Trinajstić information content (AvgIpc) is 3.11. The van der Waals surface area contributed by atoms with E-state index in [-0.39, 0.29) is 5.56 Å². The van der Waals surface area contributed by atoms with Crippen LogP contribution < -0.4 is 0 Å². The molecule has 128 valence electrons. The largest absolute Gasteiger partial charge is 0.478 e. The lowest BCUT2D eigenvalue weighted by atomic mass is 10.1. The van der Waals surface area contributed by atoms with Crippen molar-refractivity contribution in [3.05, 3.63) is 81.5 Å². The Morgan fingerprint density at radius 2 is 1.69 bits per heavy atom. The Morgan fingerprint density at radius 1 is 1.00 bits per heavy atom. The third-order valence-corrected chi connectivity index (χ3v) is 4.42. The maximum absolute atomic E-state index is 10.9. The molecule has 3 rings (SSSR count). The van der Waals surface area contributed by atoms with Gasteiger partial charge >= 0.3 is 5.97 Å². The van der Waals surface area contributed by atoms with Gasteiger partial charge in [0, 0.05) is 5.56 Å². The molecule has 26 heavy (non-hydrogen) atoms. The lowest BCUT2D eigenvalue weighted by Gasteiger charge is -2.01. The monoisotopic (exact) mass is 383 g/mol. The molecular weight excluding hydrogens is 373 g/mol. The van der Waals surface area contributed by atoms with Gasteiger partial charge in [-0.2, -0.15) is 5.26 Å². The normalized spacial score (nSPS) is 11.2. The van der Waals surface area contributed by atoms with Crippen LogP contribution in [0, 0.1) is 11.3 Å².